The third kappa shape index (κ3) is 5.76. The maximum atomic E-state index is 12.6. The molecule has 0 aromatic carbocycles. The molecule has 0 amide bonds. The number of hydrogen-bond donors (Lipinski definition) is 0. The van der Waals surface area contributed by atoms with Gasteiger partial charge in [-0.25, -0.2) is 9.97 Å². The fraction of sp³-hybridized carbons (Fsp3) is 0.667. The predicted molar refractivity (Wildman–Crippen MR) is 72.3 cm³/mol. The van der Waals surface area contributed by atoms with E-state index in [1.54, 1.807) is 0 Å². The van der Waals surface area contributed by atoms with Crippen LogP contribution in [0.25, 0.3) is 0 Å². The molecule has 0 N–H and O–H groups in total. The monoisotopic (exact) mass is 339 g/mol. The van der Waals surface area contributed by atoms with Crippen molar-refractivity contribution in [3.63, 3.8) is 0 Å². The number of aromatic nitrogens is 2. The van der Waals surface area contributed by atoms with Gasteiger partial charge in [0.25, 0.3) is 0 Å². The summed E-state index contributed by atoms with van der Waals surface area (Å²) in [4.78, 5) is 9.61. The fourth-order valence-corrected chi connectivity index (χ4v) is 2.12. The topological polar surface area (TPSA) is 29.0 Å². The van der Waals surface area contributed by atoms with Crippen molar-refractivity contribution in [2.75, 3.05) is 18.0 Å². The summed E-state index contributed by atoms with van der Waals surface area (Å²) in [5.74, 6) is 0.889. The minimum atomic E-state index is -4.24. The minimum Gasteiger partial charge on any atom is -0.347 e. The largest absolute Gasteiger partial charge is 0.405 e. The predicted octanol–water partition coefficient (Wildman–Crippen LogP) is 3.97. The summed E-state index contributed by atoms with van der Waals surface area (Å²) >= 11 is 3.22. The van der Waals surface area contributed by atoms with Gasteiger partial charge in [0.2, 0.25) is 0 Å². The summed E-state index contributed by atoms with van der Waals surface area (Å²) in [6.07, 6.45) is -2.11. The van der Waals surface area contributed by atoms with Gasteiger partial charge < -0.3 is 4.90 Å². The molecule has 0 atom stereocenters. The lowest BCUT2D eigenvalue weighted by Crippen LogP contribution is -2.35. The number of alkyl halides is 3. The number of anilines is 1. The van der Waals surface area contributed by atoms with E-state index in [2.05, 4.69) is 25.9 Å². The summed E-state index contributed by atoms with van der Waals surface area (Å²) in [5, 5.41) is 0. The van der Waals surface area contributed by atoms with Gasteiger partial charge in [-0.3, -0.25) is 0 Å². The Morgan fingerprint density at radius 3 is 2.42 bits per heavy atom. The summed E-state index contributed by atoms with van der Waals surface area (Å²) in [6, 6.07) is 1.53. The maximum absolute atomic E-state index is 12.6. The third-order valence-electron chi connectivity index (χ3n) is 2.39. The Morgan fingerprint density at radius 2 is 1.89 bits per heavy atom. The molecule has 0 saturated carbocycles. The quantitative estimate of drug-likeness (QED) is 0.734. The van der Waals surface area contributed by atoms with Crippen LogP contribution in [0.3, 0.4) is 0 Å². The lowest BCUT2D eigenvalue weighted by atomic mass is 10.3. The van der Waals surface area contributed by atoms with Gasteiger partial charge in [0.05, 0.1) is 0 Å². The molecule has 1 rings (SSSR count). The molecular weight excluding hydrogens is 323 g/mol. The van der Waals surface area contributed by atoms with Crippen LogP contribution in [0.5, 0.6) is 0 Å². The van der Waals surface area contributed by atoms with Crippen molar-refractivity contribution in [1.29, 1.82) is 0 Å². The average Bonchev–Trinajstić information content (AvgIpc) is 2.26. The molecule has 7 heteroatoms. The Kier molecular flexibility index (Phi) is 6.03. The minimum absolute atomic E-state index is 0.314. The molecule has 0 unspecified atom stereocenters. The van der Waals surface area contributed by atoms with E-state index in [4.69, 9.17) is 0 Å². The van der Waals surface area contributed by atoms with Crippen LogP contribution < -0.4 is 4.90 Å². The zero-order valence-electron chi connectivity index (χ0n) is 11.0. The summed E-state index contributed by atoms with van der Waals surface area (Å²) < 4.78 is 38.2. The molecule has 0 fully saturated rings. The van der Waals surface area contributed by atoms with Gasteiger partial charge in [0.15, 0.2) is 0 Å². The molecule has 0 bridgehead atoms. The second-order valence-electron chi connectivity index (χ2n) is 4.25. The van der Waals surface area contributed by atoms with Gasteiger partial charge in [-0.15, -0.1) is 0 Å². The molecule has 0 spiro atoms. The van der Waals surface area contributed by atoms with Crippen LogP contribution in [0.15, 0.2) is 10.7 Å². The molecule has 3 nitrogen and oxygen atoms in total. The van der Waals surface area contributed by atoms with Crippen LogP contribution in [0.1, 0.15) is 32.5 Å². The van der Waals surface area contributed by atoms with Crippen LogP contribution in [0.4, 0.5) is 19.0 Å². The number of hydrogen-bond acceptors (Lipinski definition) is 3. The van der Waals surface area contributed by atoms with E-state index < -0.39 is 12.7 Å². The molecule has 0 aliphatic carbocycles. The number of nitrogens with zero attached hydrogens (tertiary/aromatic N) is 3. The van der Waals surface area contributed by atoms with Crippen molar-refractivity contribution in [3.05, 3.63) is 16.5 Å². The molecule has 108 valence electrons. The van der Waals surface area contributed by atoms with Gasteiger partial charge >= 0.3 is 6.18 Å². The molecule has 1 aromatic heterocycles. The van der Waals surface area contributed by atoms with Crippen molar-refractivity contribution < 1.29 is 13.2 Å². The summed E-state index contributed by atoms with van der Waals surface area (Å²) in [6.45, 7) is 3.14. The molecule has 1 aromatic rings. The van der Waals surface area contributed by atoms with Crippen molar-refractivity contribution in [3.8, 4) is 0 Å². The second-order valence-corrected chi connectivity index (χ2v) is 5.06. The SMILES string of the molecule is CCCc1nc(Br)cc(N(CCC)CC(F)(F)F)n1. The van der Waals surface area contributed by atoms with Gasteiger partial charge in [0, 0.05) is 19.0 Å². The zero-order chi connectivity index (χ0) is 14.5. The Labute approximate surface area is 119 Å². The fourth-order valence-electron chi connectivity index (χ4n) is 1.71. The first-order valence-corrected chi connectivity index (χ1v) is 7.00. The molecular formula is C12H17BrF3N3. The standard InChI is InChI=1S/C12H17BrF3N3/c1-3-5-10-17-9(13)7-11(18-10)19(6-4-2)8-12(14,15)16/h7H,3-6,8H2,1-2H3. The summed E-state index contributed by atoms with van der Waals surface area (Å²) in [5.41, 5.74) is 0. The van der Waals surface area contributed by atoms with Gasteiger partial charge in [-0.2, -0.15) is 13.2 Å². The highest BCUT2D eigenvalue weighted by molar-refractivity contribution is 9.10. The molecule has 0 aliphatic rings. The van der Waals surface area contributed by atoms with E-state index in [1.807, 2.05) is 13.8 Å². The number of aryl methyl sites for hydroxylation is 1. The van der Waals surface area contributed by atoms with E-state index in [-0.39, 0.29) is 0 Å². The molecule has 1 heterocycles. The Balaban J connectivity index is 3.00. The molecule has 0 saturated heterocycles. The van der Waals surface area contributed by atoms with Crippen LogP contribution >= 0.6 is 15.9 Å². The molecule has 19 heavy (non-hydrogen) atoms. The van der Waals surface area contributed by atoms with Crippen molar-refractivity contribution in [2.45, 2.75) is 39.3 Å². The third-order valence-corrected chi connectivity index (χ3v) is 2.80. The van der Waals surface area contributed by atoms with E-state index in [9.17, 15) is 13.2 Å². The first kappa shape index (κ1) is 16.2. The lowest BCUT2D eigenvalue weighted by Gasteiger charge is -2.24. The Morgan fingerprint density at radius 1 is 1.21 bits per heavy atom. The summed E-state index contributed by atoms with van der Waals surface area (Å²) in [7, 11) is 0. The average molecular weight is 340 g/mol. The zero-order valence-corrected chi connectivity index (χ0v) is 12.6. The van der Waals surface area contributed by atoms with E-state index in [0.29, 0.717) is 35.6 Å². The Hall–Kier alpha value is -0.850. The van der Waals surface area contributed by atoms with Crippen LogP contribution in [-0.2, 0) is 6.42 Å². The van der Waals surface area contributed by atoms with E-state index in [1.165, 1.54) is 11.0 Å². The number of halogens is 4. The van der Waals surface area contributed by atoms with Crippen LogP contribution in [0, 0.1) is 0 Å². The smallest absolute Gasteiger partial charge is 0.347 e. The molecule has 0 aliphatic heterocycles. The first-order chi connectivity index (χ1) is 8.85. The normalized spacial score (nSPS) is 11.7. The lowest BCUT2D eigenvalue weighted by molar-refractivity contribution is -0.119. The van der Waals surface area contributed by atoms with Crippen LogP contribution in [-0.4, -0.2) is 29.2 Å². The van der Waals surface area contributed by atoms with Gasteiger partial charge in [0.1, 0.15) is 22.8 Å². The van der Waals surface area contributed by atoms with E-state index in [0.717, 1.165) is 6.42 Å². The highest BCUT2D eigenvalue weighted by atomic mass is 79.9. The highest BCUT2D eigenvalue weighted by Crippen LogP contribution is 2.23. The maximum Gasteiger partial charge on any atom is 0.405 e. The second kappa shape index (κ2) is 7.07. The van der Waals surface area contributed by atoms with Gasteiger partial charge in [-0.1, -0.05) is 13.8 Å². The van der Waals surface area contributed by atoms with Crippen molar-refractivity contribution in [2.24, 2.45) is 0 Å². The highest BCUT2D eigenvalue weighted by Gasteiger charge is 2.31. The Bertz CT molecular complexity index is 410. The van der Waals surface area contributed by atoms with Gasteiger partial charge in [-0.05, 0) is 28.8 Å². The molecule has 0 radical (unpaired) electrons. The van der Waals surface area contributed by atoms with Crippen LogP contribution in [0.2, 0.25) is 0 Å². The van der Waals surface area contributed by atoms with Crippen molar-refractivity contribution >= 4 is 21.7 Å². The first-order valence-electron chi connectivity index (χ1n) is 6.21. The van der Waals surface area contributed by atoms with Crippen molar-refractivity contribution in [1.82, 2.24) is 9.97 Å². The van der Waals surface area contributed by atoms with E-state index >= 15 is 0 Å². The number of rotatable bonds is 6.